The fraction of sp³-hybridized carbons (Fsp3) is 0.333. The molecule has 0 aliphatic carbocycles. The first-order chi connectivity index (χ1) is 13.4. The molecular formula is C18H21N3O6S. The molecule has 2 amide bonds. The largest absolute Gasteiger partial charge is 0.497 e. The van der Waals surface area contributed by atoms with Crippen molar-refractivity contribution in [3.63, 3.8) is 0 Å². The lowest BCUT2D eigenvalue weighted by molar-refractivity contribution is -0.144. The van der Waals surface area contributed by atoms with Gasteiger partial charge in [-0.2, -0.15) is 0 Å². The summed E-state index contributed by atoms with van der Waals surface area (Å²) in [5.41, 5.74) is 0.531. The number of carbonyl (C=O) groups is 3. The van der Waals surface area contributed by atoms with Crippen LogP contribution < -0.4 is 15.4 Å². The molecule has 1 aromatic carbocycles. The fourth-order valence-corrected chi connectivity index (χ4v) is 2.69. The van der Waals surface area contributed by atoms with E-state index in [0.717, 1.165) is 11.8 Å². The van der Waals surface area contributed by atoms with E-state index in [1.54, 1.807) is 44.2 Å². The van der Waals surface area contributed by atoms with E-state index in [1.807, 2.05) is 0 Å². The molecule has 10 heteroatoms. The summed E-state index contributed by atoms with van der Waals surface area (Å²) < 4.78 is 14.9. The van der Waals surface area contributed by atoms with Crippen LogP contribution in [-0.4, -0.2) is 47.7 Å². The summed E-state index contributed by atoms with van der Waals surface area (Å²) in [5.74, 6) is 0.0274. The van der Waals surface area contributed by atoms with Crippen LogP contribution in [0.5, 0.6) is 5.75 Å². The molecule has 0 bridgehead atoms. The molecule has 9 nitrogen and oxygen atoms in total. The van der Waals surface area contributed by atoms with Gasteiger partial charge in [0, 0.05) is 17.8 Å². The molecule has 0 unspecified atom stereocenters. The Morgan fingerprint density at radius 3 is 2.71 bits per heavy atom. The number of nitrogens with one attached hydrogen (secondary N) is 2. The van der Waals surface area contributed by atoms with Gasteiger partial charge in [-0.3, -0.25) is 14.4 Å². The summed E-state index contributed by atoms with van der Waals surface area (Å²) in [4.78, 5) is 35.7. The van der Waals surface area contributed by atoms with Gasteiger partial charge in [-0.1, -0.05) is 11.2 Å². The number of hydrogen-bond donors (Lipinski definition) is 2. The Hall–Kier alpha value is -3.01. The molecule has 28 heavy (non-hydrogen) atoms. The third kappa shape index (κ3) is 6.95. The van der Waals surface area contributed by atoms with E-state index in [2.05, 4.69) is 15.8 Å². The Labute approximate surface area is 166 Å². The molecule has 2 rings (SSSR count). The molecule has 0 radical (unpaired) electrons. The molecule has 0 saturated carbocycles. The van der Waals surface area contributed by atoms with Gasteiger partial charge in [0.25, 0.3) is 5.91 Å². The summed E-state index contributed by atoms with van der Waals surface area (Å²) in [6, 6.07) is 8.39. The van der Waals surface area contributed by atoms with Crippen molar-refractivity contribution in [2.24, 2.45) is 0 Å². The van der Waals surface area contributed by atoms with E-state index >= 15 is 0 Å². The van der Waals surface area contributed by atoms with Crippen molar-refractivity contribution in [3.05, 3.63) is 36.1 Å². The first kappa shape index (κ1) is 21.3. The minimum Gasteiger partial charge on any atom is -0.497 e. The van der Waals surface area contributed by atoms with E-state index in [-0.39, 0.29) is 11.7 Å². The number of thioether (sulfide) groups is 1. The van der Waals surface area contributed by atoms with Gasteiger partial charge in [0.2, 0.25) is 5.91 Å². The molecule has 1 atom stereocenters. The van der Waals surface area contributed by atoms with Crippen LogP contribution in [0.25, 0.3) is 0 Å². The molecule has 150 valence electrons. The lowest BCUT2D eigenvalue weighted by Crippen LogP contribution is -2.25. The lowest BCUT2D eigenvalue weighted by Gasteiger charge is -2.10. The van der Waals surface area contributed by atoms with Crippen LogP contribution in [0.4, 0.5) is 11.5 Å². The fourth-order valence-electron chi connectivity index (χ4n) is 2.01. The summed E-state index contributed by atoms with van der Waals surface area (Å²) in [5, 5.41) is 8.33. The van der Waals surface area contributed by atoms with Gasteiger partial charge in [0.15, 0.2) is 12.4 Å². The number of carbonyl (C=O) groups excluding carboxylic acids is 3. The maximum absolute atomic E-state index is 12.0. The second-order valence-corrected chi connectivity index (χ2v) is 7.04. The Bertz CT molecular complexity index is 838. The summed E-state index contributed by atoms with van der Waals surface area (Å²) in [6.07, 6.45) is 0. The molecule has 0 saturated heterocycles. The van der Waals surface area contributed by atoms with Crippen molar-refractivity contribution < 1.29 is 28.4 Å². The smallest absolute Gasteiger partial charge is 0.316 e. The highest BCUT2D eigenvalue weighted by molar-refractivity contribution is 8.01. The molecule has 0 spiro atoms. The highest BCUT2D eigenvalue weighted by Crippen LogP contribution is 2.17. The van der Waals surface area contributed by atoms with Crippen LogP contribution in [-0.2, 0) is 19.1 Å². The molecule has 0 fully saturated rings. The van der Waals surface area contributed by atoms with Crippen LogP contribution >= 0.6 is 11.8 Å². The maximum Gasteiger partial charge on any atom is 0.316 e. The number of rotatable bonds is 9. The number of nitrogens with zero attached hydrogens (tertiary/aromatic N) is 1. The number of methoxy groups -OCH3 is 1. The van der Waals surface area contributed by atoms with Crippen LogP contribution in [0.3, 0.4) is 0 Å². The van der Waals surface area contributed by atoms with E-state index in [1.165, 1.54) is 7.11 Å². The van der Waals surface area contributed by atoms with Crippen LogP contribution in [0, 0.1) is 6.92 Å². The van der Waals surface area contributed by atoms with Crippen LogP contribution in [0.1, 0.15) is 12.7 Å². The standard InChI is InChI=1S/C18H21N3O6S/c1-11-7-15(21-27-11)20-18(24)12(2)28-10-17(23)26-9-16(22)19-13-5-4-6-14(8-13)25-3/h4-8,12H,9-10H2,1-3H3,(H,19,22)(H,20,21,24)/t12-/m0/s1. The van der Waals surface area contributed by atoms with Crippen molar-refractivity contribution >= 4 is 41.1 Å². The summed E-state index contributed by atoms with van der Waals surface area (Å²) in [7, 11) is 1.52. The average molecular weight is 407 g/mol. The van der Waals surface area contributed by atoms with Gasteiger partial charge in [-0.15, -0.1) is 11.8 Å². The van der Waals surface area contributed by atoms with Gasteiger partial charge < -0.3 is 24.6 Å². The topological polar surface area (TPSA) is 120 Å². The minimum atomic E-state index is -0.595. The van der Waals surface area contributed by atoms with Crippen LogP contribution in [0.15, 0.2) is 34.9 Å². The number of amides is 2. The van der Waals surface area contributed by atoms with Gasteiger partial charge >= 0.3 is 5.97 Å². The predicted octanol–water partition coefficient (Wildman–Crippen LogP) is 2.23. The van der Waals surface area contributed by atoms with Crippen molar-refractivity contribution in [2.45, 2.75) is 19.1 Å². The number of ether oxygens (including phenoxy) is 2. The van der Waals surface area contributed by atoms with E-state index in [0.29, 0.717) is 23.0 Å². The third-order valence-corrected chi connectivity index (χ3v) is 4.53. The molecule has 0 aliphatic rings. The van der Waals surface area contributed by atoms with Crippen molar-refractivity contribution in [3.8, 4) is 5.75 Å². The highest BCUT2D eigenvalue weighted by Gasteiger charge is 2.18. The zero-order valence-corrected chi connectivity index (χ0v) is 16.5. The first-order valence-corrected chi connectivity index (χ1v) is 9.37. The highest BCUT2D eigenvalue weighted by atomic mass is 32.2. The van der Waals surface area contributed by atoms with Gasteiger partial charge in [0.05, 0.1) is 18.1 Å². The van der Waals surface area contributed by atoms with E-state index in [9.17, 15) is 14.4 Å². The number of anilines is 2. The molecule has 1 aromatic heterocycles. The Kier molecular flexibility index (Phi) is 7.88. The number of hydrogen-bond acceptors (Lipinski definition) is 8. The second kappa shape index (κ2) is 10.4. The normalized spacial score (nSPS) is 11.4. The quantitative estimate of drug-likeness (QED) is 0.607. The van der Waals surface area contributed by atoms with Gasteiger partial charge in [-0.25, -0.2) is 0 Å². The Morgan fingerprint density at radius 2 is 2.04 bits per heavy atom. The van der Waals surface area contributed by atoms with Crippen molar-refractivity contribution in [1.82, 2.24) is 5.16 Å². The lowest BCUT2D eigenvalue weighted by atomic mass is 10.3. The summed E-state index contributed by atoms with van der Waals surface area (Å²) in [6.45, 7) is 2.94. The predicted molar refractivity (Wildman–Crippen MR) is 104 cm³/mol. The van der Waals surface area contributed by atoms with E-state index in [4.69, 9.17) is 14.0 Å². The van der Waals surface area contributed by atoms with Crippen molar-refractivity contribution in [1.29, 1.82) is 0 Å². The Morgan fingerprint density at radius 1 is 1.25 bits per heavy atom. The van der Waals surface area contributed by atoms with E-state index < -0.39 is 23.7 Å². The minimum absolute atomic E-state index is 0.0706. The van der Waals surface area contributed by atoms with Gasteiger partial charge in [-0.05, 0) is 26.0 Å². The molecule has 0 aliphatic heterocycles. The first-order valence-electron chi connectivity index (χ1n) is 8.32. The molecule has 2 N–H and O–H groups in total. The number of benzene rings is 1. The zero-order chi connectivity index (χ0) is 20.5. The molecular weight excluding hydrogens is 386 g/mol. The van der Waals surface area contributed by atoms with Crippen molar-refractivity contribution in [2.75, 3.05) is 30.1 Å². The monoisotopic (exact) mass is 407 g/mol. The Balaban J connectivity index is 1.68. The second-order valence-electron chi connectivity index (χ2n) is 5.71. The van der Waals surface area contributed by atoms with Crippen LogP contribution in [0.2, 0.25) is 0 Å². The third-order valence-electron chi connectivity index (χ3n) is 3.42. The number of aromatic nitrogens is 1. The number of aryl methyl sites for hydroxylation is 1. The SMILES string of the molecule is COc1cccc(NC(=O)COC(=O)CS[C@@H](C)C(=O)Nc2cc(C)on2)c1. The van der Waals surface area contributed by atoms with Gasteiger partial charge in [0.1, 0.15) is 11.5 Å². The number of esters is 1. The average Bonchev–Trinajstić information content (AvgIpc) is 3.09. The maximum atomic E-state index is 12.0. The summed E-state index contributed by atoms with van der Waals surface area (Å²) >= 11 is 1.09. The molecule has 1 heterocycles. The molecule has 2 aromatic rings. The zero-order valence-electron chi connectivity index (χ0n) is 15.7.